The second-order valence-corrected chi connectivity index (χ2v) is 5.12. The number of amides is 1. The zero-order valence-electron chi connectivity index (χ0n) is 12.3. The number of ether oxygens (including phenoxy) is 1. The molecule has 1 rings (SSSR count). The van der Waals surface area contributed by atoms with Crippen LogP contribution in [-0.4, -0.2) is 41.6 Å². The molecule has 0 saturated carbocycles. The summed E-state index contributed by atoms with van der Waals surface area (Å²) in [4.78, 5) is 24.4. The highest BCUT2D eigenvalue weighted by molar-refractivity contribution is 5.94. The summed E-state index contributed by atoms with van der Waals surface area (Å²) in [6, 6.07) is 6.90. The quantitative estimate of drug-likeness (QED) is 0.867. The summed E-state index contributed by atoms with van der Waals surface area (Å²) in [5, 5.41) is 8.87. The maximum Gasteiger partial charge on any atom is 0.308 e. The van der Waals surface area contributed by atoms with Crippen LogP contribution in [0.4, 0.5) is 0 Å². The van der Waals surface area contributed by atoms with Crippen LogP contribution in [0.2, 0.25) is 0 Å². The van der Waals surface area contributed by atoms with Crippen molar-refractivity contribution in [1.82, 2.24) is 4.90 Å². The first-order chi connectivity index (χ1) is 9.31. The third-order valence-corrected chi connectivity index (χ3v) is 2.77. The molecular weight excluding hydrogens is 258 g/mol. The highest BCUT2D eigenvalue weighted by Crippen LogP contribution is 2.16. The number of hydrogen-bond acceptors (Lipinski definition) is 3. The van der Waals surface area contributed by atoms with E-state index >= 15 is 0 Å². The monoisotopic (exact) mass is 279 g/mol. The van der Waals surface area contributed by atoms with Crippen molar-refractivity contribution < 1.29 is 19.4 Å². The second-order valence-electron chi connectivity index (χ2n) is 5.12. The molecule has 1 N–H and O–H groups in total. The van der Waals surface area contributed by atoms with Crippen LogP contribution in [0.1, 0.15) is 31.1 Å². The lowest BCUT2D eigenvalue weighted by Crippen LogP contribution is -2.33. The van der Waals surface area contributed by atoms with Crippen LogP contribution in [-0.2, 0) is 4.79 Å². The Morgan fingerprint density at radius 2 is 1.95 bits per heavy atom. The van der Waals surface area contributed by atoms with Crippen molar-refractivity contribution in [3.05, 3.63) is 29.8 Å². The molecule has 20 heavy (non-hydrogen) atoms. The molecule has 0 heterocycles. The van der Waals surface area contributed by atoms with Crippen molar-refractivity contribution in [3.63, 3.8) is 0 Å². The van der Waals surface area contributed by atoms with Crippen molar-refractivity contribution in [2.45, 2.75) is 26.9 Å². The smallest absolute Gasteiger partial charge is 0.308 e. The maximum atomic E-state index is 12.2. The minimum absolute atomic E-state index is 0.0325. The van der Waals surface area contributed by atoms with Crippen LogP contribution >= 0.6 is 0 Å². The van der Waals surface area contributed by atoms with Crippen LogP contribution in [0, 0.1) is 5.92 Å². The largest absolute Gasteiger partial charge is 0.491 e. The molecule has 1 aromatic rings. The molecular formula is C15H21NO4. The zero-order valence-corrected chi connectivity index (χ0v) is 12.3. The van der Waals surface area contributed by atoms with E-state index in [0.29, 0.717) is 11.3 Å². The Bertz CT molecular complexity index is 485. The van der Waals surface area contributed by atoms with E-state index in [0.717, 1.165) is 0 Å². The average Bonchev–Trinajstić information content (AvgIpc) is 2.37. The fourth-order valence-electron chi connectivity index (χ4n) is 1.77. The van der Waals surface area contributed by atoms with E-state index in [4.69, 9.17) is 9.84 Å². The Kier molecular flexibility index (Phi) is 5.55. The summed E-state index contributed by atoms with van der Waals surface area (Å²) in [5.74, 6) is -1.10. The molecule has 0 radical (unpaired) electrons. The number of carbonyl (C=O) groups is 2. The predicted octanol–water partition coefficient (Wildman–Crippen LogP) is 2.27. The van der Waals surface area contributed by atoms with Crippen LogP contribution in [0.5, 0.6) is 5.75 Å². The number of benzene rings is 1. The number of aliphatic carboxylic acids is 1. The summed E-state index contributed by atoms with van der Waals surface area (Å²) in [6.45, 7) is 5.57. The molecule has 110 valence electrons. The molecule has 1 atom stereocenters. The third kappa shape index (κ3) is 4.57. The highest BCUT2D eigenvalue weighted by atomic mass is 16.5. The van der Waals surface area contributed by atoms with Crippen molar-refractivity contribution >= 4 is 11.9 Å². The van der Waals surface area contributed by atoms with Crippen LogP contribution in [0.15, 0.2) is 24.3 Å². The van der Waals surface area contributed by atoms with Crippen molar-refractivity contribution in [3.8, 4) is 5.75 Å². The van der Waals surface area contributed by atoms with E-state index in [1.807, 2.05) is 13.8 Å². The molecule has 0 bridgehead atoms. The van der Waals surface area contributed by atoms with Gasteiger partial charge in [0, 0.05) is 19.2 Å². The fourth-order valence-corrected chi connectivity index (χ4v) is 1.77. The summed E-state index contributed by atoms with van der Waals surface area (Å²) in [7, 11) is 1.59. The van der Waals surface area contributed by atoms with Crippen LogP contribution < -0.4 is 4.74 Å². The van der Waals surface area contributed by atoms with Gasteiger partial charge in [-0.2, -0.15) is 0 Å². The molecule has 5 heteroatoms. The number of nitrogens with zero attached hydrogens (tertiary/aromatic N) is 1. The van der Waals surface area contributed by atoms with E-state index in [2.05, 4.69) is 0 Å². The van der Waals surface area contributed by atoms with Gasteiger partial charge in [-0.05, 0) is 32.0 Å². The number of hydrogen-bond donors (Lipinski definition) is 1. The molecule has 0 aliphatic heterocycles. The molecule has 1 amide bonds. The van der Waals surface area contributed by atoms with Gasteiger partial charge in [0.05, 0.1) is 12.0 Å². The summed E-state index contributed by atoms with van der Waals surface area (Å²) < 4.78 is 5.54. The molecule has 0 spiro atoms. The lowest BCUT2D eigenvalue weighted by atomic mass is 10.1. The Labute approximate surface area is 119 Å². The molecule has 0 aliphatic rings. The van der Waals surface area contributed by atoms with E-state index in [1.54, 1.807) is 38.2 Å². The molecule has 1 aromatic carbocycles. The Hall–Kier alpha value is -2.04. The fraction of sp³-hybridized carbons (Fsp3) is 0.467. The van der Waals surface area contributed by atoms with Crippen molar-refractivity contribution in [2.75, 3.05) is 13.6 Å². The Morgan fingerprint density at radius 3 is 2.50 bits per heavy atom. The average molecular weight is 279 g/mol. The van der Waals surface area contributed by atoms with Gasteiger partial charge in [0.25, 0.3) is 5.91 Å². The van der Waals surface area contributed by atoms with Crippen LogP contribution in [0.25, 0.3) is 0 Å². The van der Waals surface area contributed by atoms with Gasteiger partial charge in [0.1, 0.15) is 5.75 Å². The van der Waals surface area contributed by atoms with Gasteiger partial charge in [-0.1, -0.05) is 13.0 Å². The van der Waals surface area contributed by atoms with Crippen molar-refractivity contribution in [1.29, 1.82) is 0 Å². The molecule has 0 saturated heterocycles. The van der Waals surface area contributed by atoms with Gasteiger partial charge in [-0.3, -0.25) is 9.59 Å². The highest BCUT2D eigenvalue weighted by Gasteiger charge is 2.18. The van der Waals surface area contributed by atoms with E-state index < -0.39 is 11.9 Å². The first kappa shape index (κ1) is 16.0. The minimum Gasteiger partial charge on any atom is -0.491 e. The van der Waals surface area contributed by atoms with E-state index in [1.165, 1.54) is 4.90 Å². The molecule has 5 nitrogen and oxygen atoms in total. The number of rotatable bonds is 6. The summed E-state index contributed by atoms with van der Waals surface area (Å²) >= 11 is 0. The first-order valence-corrected chi connectivity index (χ1v) is 6.56. The van der Waals surface area contributed by atoms with Gasteiger partial charge >= 0.3 is 5.97 Å². The maximum absolute atomic E-state index is 12.2. The molecule has 0 aromatic heterocycles. The van der Waals surface area contributed by atoms with Crippen LogP contribution in [0.3, 0.4) is 0 Å². The number of carbonyl (C=O) groups excluding carboxylic acids is 1. The topological polar surface area (TPSA) is 66.8 Å². The van der Waals surface area contributed by atoms with E-state index in [-0.39, 0.29) is 18.6 Å². The summed E-state index contributed by atoms with van der Waals surface area (Å²) in [5.41, 5.74) is 0.489. The SMILES string of the molecule is CC(C)Oc1cccc(C(=O)N(C)CC(C)C(=O)O)c1. The standard InChI is InChI=1S/C15H21NO4/c1-10(2)20-13-7-5-6-12(8-13)14(17)16(4)9-11(3)15(18)19/h5-8,10-11H,9H2,1-4H3,(H,18,19). The Balaban J connectivity index is 2.78. The Morgan fingerprint density at radius 1 is 1.30 bits per heavy atom. The summed E-state index contributed by atoms with van der Waals surface area (Å²) in [6.07, 6.45) is 0.0325. The normalized spacial score (nSPS) is 12.1. The van der Waals surface area contributed by atoms with Crippen molar-refractivity contribution in [2.24, 2.45) is 5.92 Å². The van der Waals surface area contributed by atoms with Gasteiger partial charge in [0.15, 0.2) is 0 Å². The van der Waals surface area contributed by atoms with Gasteiger partial charge in [-0.25, -0.2) is 0 Å². The minimum atomic E-state index is -0.915. The third-order valence-electron chi connectivity index (χ3n) is 2.77. The first-order valence-electron chi connectivity index (χ1n) is 6.56. The molecule has 0 fully saturated rings. The number of carboxylic acid groups (broad SMARTS) is 1. The lowest BCUT2D eigenvalue weighted by Gasteiger charge is -2.20. The van der Waals surface area contributed by atoms with Gasteiger partial charge < -0.3 is 14.7 Å². The van der Waals surface area contributed by atoms with E-state index in [9.17, 15) is 9.59 Å². The second kappa shape index (κ2) is 6.93. The van der Waals surface area contributed by atoms with Gasteiger partial charge in [0.2, 0.25) is 0 Å². The lowest BCUT2D eigenvalue weighted by molar-refractivity contribution is -0.141. The molecule has 1 unspecified atom stereocenters. The molecule has 0 aliphatic carbocycles. The van der Waals surface area contributed by atoms with Gasteiger partial charge in [-0.15, -0.1) is 0 Å². The predicted molar refractivity (Wildman–Crippen MR) is 76.0 cm³/mol. The zero-order chi connectivity index (χ0) is 15.3. The number of carboxylic acids is 1.